The second kappa shape index (κ2) is 8.08. The Hall–Kier alpha value is -3.17. The summed E-state index contributed by atoms with van der Waals surface area (Å²) in [5, 5.41) is 11.7. The number of carboxylic acids is 1. The van der Waals surface area contributed by atoms with Gasteiger partial charge in [0.15, 0.2) is 0 Å². The van der Waals surface area contributed by atoms with Crippen molar-refractivity contribution in [3.8, 4) is 11.8 Å². The molecule has 0 atom stereocenters. The Morgan fingerprint density at radius 2 is 1.96 bits per heavy atom. The molecule has 0 aliphatic carbocycles. The maximum absolute atomic E-state index is 11.7. The lowest BCUT2D eigenvalue weighted by Crippen LogP contribution is -2.27. The van der Waals surface area contributed by atoms with E-state index in [2.05, 4.69) is 22.1 Å². The van der Waals surface area contributed by atoms with Gasteiger partial charge >= 0.3 is 5.97 Å². The molecule has 2 rings (SSSR count). The zero-order chi connectivity index (χ0) is 18.4. The van der Waals surface area contributed by atoms with Gasteiger partial charge in [-0.15, -0.1) is 0 Å². The maximum Gasteiger partial charge on any atom is 0.335 e. The second-order valence-electron chi connectivity index (χ2n) is 5.80. The van der Waals surface area contributed by atoms with Crippen LogP contribution in [0.3, 0.4) is 0 Å². The summed E-state index contributed by atoms with van der Waals surface area (Å²) in [6, 6.07) is 8.26. The zero-order valence-electron chi connectivity index (χ0n) is 14.3. The number of carbonyl (C=O) groups is 2. The van der Waals surface area contributed by atoms with E-state index in [9.17, 15) is 9.59 Å². The van der Waals surface area contributed by atoms with E-state index in [-0.39, 0.29) is 18.0 Å². The molecule has 0 bridgehead atoms. The van der Waals surface area contributed by atoms with Gasteiger partial charge in [0.25, 0.3) is 0 Å². The summed E-state index contributed by atoms with van der Waals surface area (Å²) >= 11 is 0. The molecule has 1 aromatic carbocycles. The Morgan fingerprint density at radius 1 is 1.20 bits per heavy atom. The van der Waals surface area contributed by atoms with Crippen molar-refractivity contribution in [2.75, 3.05) is 26.0 Å². The number of aryl methyl sites for hydroxylation is 1. The molecule has 0 spiro atoms. The van der Waals surface area contributed by atoms with Gasteiger partial charge < -0.3 is 15.3 Å². The number of carboxylic acid groups (broad SMARTS) is 1. The normalized spacial score (nSPS) is 10.1. The van der Waals surface area contributed by atoms with E-state index in [0.717, 1.165) is 5.56 Å². The van der Waals surface area contributed by atoms with E-state index in [1.165, 1.54) is 0 Å². The van der Waals surface area contributed by atoms with E-state index < -0.39 is 5.97 Å². The maximum atomic E-state index is 11.7. The number of aromatic carboxylic acids is 1. The van der Waals surface area contributed by atoms with Crippen molar-refractivity contribution < 1.29 is 14.7 Å². The fraction of sp³-hybridized carbons (Fsp3) is 0.211. The Bertz CT molecular complexity index is 846. The molecule has 6 nitrogen and oxygen atoms in total. The standard InChI is InChI=1S/C19H19N3O3/c1-13-4-7-16(19(24)25)10-15(13)8-5-14-6-9-17(20-11-14)21-18(23)12-22(2)3/h4,6-7,9-11H,12H2,1-3H3,(H,24,25)(H,20,21,23). The molecule has 0 aliphatic rings. The van der Waals surface area contributed by atoms with Gasteiger partial charge in [0, 0.05) is 17.3 Å². The van der Waals surface area contributed by atoms with Crippen LogP contribution in [0.15, 0.2) is 36.5 Å². The molecule has 25 heavy (non-hydrogen) atoms. The van der Waals surface area contributed by atoms with Gasteiger partial charge in [0.05, 0.1) is 12.1 Å². The number of amides is 1. The van der Waals surface area contributed by atoms with Crippen LogP contribution in [0, 0.1) is 18.8 Å². The monoisotopic (exact) mass is 337 g/mol. The summed E-state index contributed by atoms with van der Waals surface area (Å²) in [7, 11) is 3.63. The van der Waals surface area contributed by atoms with E-state index in [4.69, 9.17) is 5.11 Å². The van der Waals surface area contributed by atoms with Gasteiger partial charge in [-0.25, -0.2) is 9.78 Å². The minimum Gasteiger partial charge on any atom is -0.478 e. The molecule has 0 saturated carbocycles. The summed E-state index contributed by atoms with van der Waals surface area (Å²) in [5.74, 6) is 5.25. The molecule has 0 radical (unpaired) electrons. The average molecular weight is 337 g/mol. The molecule has 2 aromatic rings. The van der Waals surface area contributed by atoms with Gasteiger partial charge in [0.1, 0.15) is 5.82 Å². The third-order valence-corrected chi connectivity index (χ3v) is 3.32. The first kappa shape index (κ1) is 18.2. The number of carbonyl (C=O) groups excluding carboxylic acids is 1. The Morgan fingerprint density at radius 3 is 2.56 bits per heavy atom. The van der Waals surface area contributed by atoms with Crippen molar-refractivity contribution in [2.45, 2.75) is 6.92 Å². The molecule has 0 unspecified atom stereocenters. The van der Waals surface area contributed by atoms with E-state index in [1.807, 2.05) is 21.0 Å². The van der Waals surface area contributed by atoms with Crippen molar-refractivity contribution in [2.24, 2.45) is 0 Å². The van der Waals surface area contributed by atoms with Crippen molar-refractivity contribution in [3.05, 3.63) is 58.8 Å². The summed E-state index contributed by atoms with van der Waals surface area (Å²) in [5.41, 5.74) is 2.43. The van der Waals surface area contributed by atoms with Gasteiger partial charge in [-0.2, -0.15) is 0 Å². The quantitative estimate of drug-likeness (QED) is 0.834. The minimum atomic E-state index is -0.984. The highest BCUT2D eigenvalue weighted by atomic mass is 16.4. The third-order valence-electron chi connectivity index (χ3n) is 3.32. The number of likely N-dealkylation sites (N-methyl/N-ethyl adjacent to an activating group) is 1. The second-order valence-corrected chi connectivity index (χ2v) is 5.80. The van der Waals surface area contributed by atoms with Crippen LogP contribution in [-0.2, 0) is 4.79 Å². The summed E-state index contributed by atoms with van der Waals surface area (Å²) < 4.78 is 0. The summed E-state index contributed by atoms with van der Waals surface area (Å²) in [6.07, 6.45) is 1.56. The van der Waals surface area contributed by atoms with Gasteiger partial charge in [-0.1, -0.05) is 17.9 Å². The summed E-state index contributed by atoms with van der Waals surface area (Å²) in [4.78, 5) is 28.6. The van der Waals surface area contributed by atoms with Gasteiger partial charge in [-0.3, -0.25) is 4.79 Å². The van der Waals surface area contributed by atoms with Crippen molar-refractivity contribution >= 4 is 17.7 Å². The fourth-order valence-electron chi connectivity index (χ4n) is 2.04. The first-order chi connectivity index (χ1) is 11.8. The molecule has 2 N–H and O–H groups in total. The third kappa shape index (κ3) is 5.44. The number of aromatic nitrogens is 1. The lowest BCUT2D eigenvalue weighted by Gasteiger charge is -2.09. The molecule has 0 fully saturated rings. The SMILES string of the molecule is Cc1ccc(C(=O)O)cc1C#Cc1ccc(NC(=O)CN(C)C)nc1. The van der Waals surface area contributed by atoms with Gasteiger partial charge in [0.2, 0.25) is 5.91 Å². The molecule has 6 heteroatoms. The first-order valence-electron chi connectivity index (χ1n) is 7.62. The molecule has 128 valence electrons. The predicted molar refractivity (Wildman–Crippen MR) is 95.5 cm³/mol. The van der Waals surface area contributed by atoms with Crippen LogP contribution < -0.4 is 5.32 Å². The Balaban J connectivity index is 2.12. The zero-order valence-corrected chi connectivity index (χ0v) is 14.3. The number of nitrogens with one attached hydrogen (secondary N) is 1. The Kier molecular flexibility index (Phi) is 5.88. The van der Waals surface area contributed by atoms with E-state index in [1.54, 1.807) is 41.4 Å². The highest BCUT2D eigenvalue weighted by Gasteiger charge is 2.05. The summed E-state index contributed by atoms with van der Waals surface area (Å²) in [6.45, 7) is 2.15. The lowest BCUT2D eigenvalue weighted by molar-refractivity contribution is -0.116. The van der Waals surface area contributed by atoms with E-state index in [0.29, 0.717) is 16.9 Å². The number of rotatable bonds is 4. The van der Waals surface area contributed by atoms with Crippen molar-refractivity contribution in [3.63, 3.8) is 0 Å². The molecule has 0 aliphatic heterocycles. The van der Waals surface area contributed by atoms with Crippen LogP contribution in [0.2, 0.25) is 0 Å². The highest BCUT2D eigenvalue weighted by molar-refractivity contribution is 5.91. The van der Waals surface area contributed by atoms with Gasteiger partial charge in [-0.05, 0) is 50.8 Å². The van der Waals surface area contributed by atoms with Crippen molar-refractivity contribution in [1.29, 1.82) is 0 Å². The minimum absolute atomic E-state index is 0.141. The predicted octanol–water partition coefficient (Wildman–Crippen LogP) is 1.99. The average Bonchev–Trinajstić information content (AvgIpc) is 2.54. The smallest absolute Gasteiger partial charge is 0.335 e. The number of benzene rings is 1. The van der Waals surface area contributed by atoms with Crippen LogP contribution in [-0.4, -0.2) is 47.5 Å². The topological polar surface area (TPSA) is 82.5 Å². The van der Waals surface area contributed by atoms with Crippen LogP contribution in [0.4, 0.5) is 5.82 Å². The lowest BCUT2D eigenvalue weighted by atomic mass is 10.1. The van der Waals surface area contributed by atoms with Crippen LogP contribution in [0.1, 0.15) is 27.0 Å². The Labute approximate surface area is 146 Å². The molecule has 1 aromatic heterocycles. The highest BCUT2D eigenvalue weighted by Crippen LogP contribution is 2.11. The molecular formula is C19H19N3O3. The number of nitrogens with zero attached hydrogens (tertiary/aromatic N) is 2. The molecule has 1 amide bonds. The number of pyridine rings is 1. The number of hydrogen-bond acceptors (Lipinski definition) is 4. The first-order valence-corrected chi connectivity index (χ1v) is 7.62. The largest absolute Gasteiger partial charge is 0.478 e. The molecule has 0 saturated heterocycles. The van der Waals surface area contributed by atoms with Crippen molar-refractivity contribution in [1.82, 2.24) is 9.88 Å². The van der Waals surface area contributed by atoms with E-state index >= 15 is 0 Å². The number of hydrogen-bond donors (Lipinski definition) is 2. The van der Waals surface area contributed by atoms with Crippen LogP contribution in [0.25, 0.3) is 0 Å². The van der Waals surface area contributed by atoms with Crippen LogP contribution in [0.5, 0.6) is 0 Å². The molecule has 1 heterocycles. The van der Waals surface area contributed by atoms with Crippen LogP contribution >= 0.6 is 0 Å². The number of anilines is 1. The molecular weight excluding hydrogens is 318 g/mol. The fourth-order valence-corrected chi connectivity index (χ4v) is 2.04.